The van der Waals surface area contributed by atoms with E-state index in [0.717, 1.165) is 0 Å². The van der Waals surface area contributed by atoms with Gasteiger partial charge in [0, 0.05) is 6.04 Å². The Labute approximate surface area is 157 Å². The van der Waals surface area contributed by atoms with E-state index in [1.807, 2.05) is 0 Å². The predicted octanol–water partition coefficient (Wildman–Crippen LogP) is -7.76. The zero-order valence-electron chi connectivity index (χ0n) is 14.4. The van der Waals surface area contributed by atoms with E-state index in [-0.39, 0.29) is 57.6 Å². The fourth-order valence-corrected chi connectivity index (χ4v) is 1.35. The summed E-state index contributed by atoms with van der Waals surface area (Å²) in [7, 11) is 0. The van der Waals surface area contributed by atoms with Crippen molar-refractivity contribution in [3.05, 3.63) is 10.8 Å². The molecule has 0 saturated heterocycles. The zero-order valence-corrected chi connectivity index (χ0v) is 13.1. The van der Waals surface area contributed by atoms with Gasteiger partial charge in [-0.25, -0.2) is 9.97 Å². The van der Waals surface area contributed by atoms with Crippen LogP contribution in [-0.2, 0) is 9.59 Å². The van der Waals surface area contributed by atoms with Gasteiger partial charge in [-0.3, -0.25) is 4.79 Å². The number of halogens is 1. The Kier molecular flexibility index (Phi) is 10.2. The number of rotatable bonds is 4. The van der Waals surface area contributed by atoms with Crippen LogP contribution in [0.25, 0.3) is 0 Å². The Hall–Kier alpha value is -1.23. The summed E-state index contributed by atoms with van der Waals surface area (Å²) in [6, 6.07) is -0.111. The van der Waals surface area contributed by atoms with Gasteiger partial charge < -0.3 is 33.3 Å². The molecule has 12 heteroatoms. The molecular weight excluding hydrogens is 305 g/mol. The second-order valence-electron chi connectivity index (χ2n) is 3.89. The van der Waals surface area contributed by atoms with Crippen molar-refractivity contribution < 1.29 is 65.2 Å². The molecule has 1 rings (SSSR count). The normalized spacial score (nSPS) is 9.27. The molecule has 1 aromatic rings. The number of amides is 1. The molecule has 0 fully saturated rings. The van der Waals surface area contributed by atoms with E-state index in [0.29, 0.717) is 0 Å². The molecule has 0 unspecified atom stereocenters. The molecule has 2 N–H and O–H groups in total. The van der Waals surface area contributed by atoms with Gasteiger partial charge in [0.15, 0.2) is 16.8 Å². The second-order valence-corrected chi connectivity index (χ2v) is 4.25. The third-order valence-electron chi connectivity index (χ3n) is 1.89. The van der Waals surface area contributed by atoms with E-state index in [1.165, 1.54) is 0 Å². The number of aromatic carboxylic acids is 1. The molecule has 0 aliphatic heterocycles. The minimum Gasteiger partial charge on any atom is -1.00 e. The molecule has 1 heterocycles. The van der Waals surface area contributed by atoms with Crippen molar-refractivity contribution in [2.75, 3.05) is 10.6 Å². The molecule has 1 amide bonds. The summed E-state index contributed by atoms with van der Waals surface area (Å²) in [5.74, 6) is -6.01. The van der Waals surface area contributed by atoms with Crippen LogP contribution in [0.2, 0.25) is 5.15 Å². The Bertz CT molecular complexity index is 595. The quantitative estimate of drug-likeness (QED) is 0.411. The molecule has 0 aliphatic rings. The monoisotopic (exact) mass is 316 g/mol. The molecular formula is C10H11ClLi2N4O5-2. The Morgan fingerprint density at radius 1 is 1.14 bits per heavy atom. The van der Waals surface area contributed by atoms with Gasteiger partial charge in [-0.05, 0) is 13.8 Å². The van der Waals surface area contributed by atoms with Gasteiger partial charge in [-0.15, -0.1) is 0 Å². The van der Waals surface area contributed by atoms with Crippen LogP contribution in [0.5, 0.6) is 0 Å². The number of anilines is 2. The molecule has 0 radical (unpaired) electrons. The topological polar surface area (TPSA) is 147 Å². The Balaban J connectivity index is -0.000000500. The van der Waals surface area contributed by atoms with E-state index < -0.39 is 29.4 Å². The third kappa shape index (κ3) is 6.26. The van der Waals surface area contributed by atoms with Gasteiger partial charge >= 0.3 is 37.7 Å². The summed E-state index contributed by atoms with van der Waals surface area (Å²) >= 11 is 5.72. The van der Waals surface area contributed by atoms with E-state index in [9.17, 15) is 24.6 Å². The molecule has 0 bridgehead atoms. The summed E-state index contributed by atoms with van der Waals surface area (Å²) in [4.78, 5) is 39.4. The first-order chi connectivity index (χ1) is 9.22. The maximum atomic E-state index is 11.0. The molecule has 0 saturated carbocycles. The first-order valence-corrected chi connectivity index (χ1v) is 5.68. The predicted molar refractivity (Wildman–Crippen MR) is 66.0 cm³/mol. The number of carboxylic acid groups (broad SMARTS) is 2. The summed E-state index contributed by atoms with van der Waals surface area (Å²) < 4.78 is 0. The van der Waals surface area contributed by atoms with Gasteiger partial charge in [0.2, 0.25) is 0 Å². The number of carboxylic acids is 2. The van der Waals surface area contributed by atoms with Crippen LogP contribution in [0, 0.1) is 0 Å². The van der Waals surface area contributed by atoms with Crippen molar-refractivity contribution in [1.82, 2.24) is 9.97 Å². The summed E-state index contributed by atoms with van der Waals surface area (Å²) in [6.07, 6.45) is 0. The van der Waals surface area contributed by atoms with Gasteiger partial charge in [-0.1, -0.05) is 11.6 Å². The number of aromatic nitrogens is 2. The van der Waals surface area contributed by atoms with E-state index in [1.54, 1.807) is 19.2 Å². The van der Waals surface area contributed by atoms with Gasteiger partial charge in [0.25, 0.3) is 5.91 Å². The Morgan fingerprint density at radius 2 is 1.68 bits per heavy atom. The number of nitrogens with zero attached hydrogens (tertiary/aromatic N) is 2. The van der Waals surface area contributed by atoms with Crippen molar-refractivity contribution in [2.45, 2.75) is 19.9 Å². The second kappa shape index (κ2) is 9.72. The van der Waals surface area contributed by atoms with Crippen molar-refractivity contribution in [3.8, 4) is 0 Å². The maximum absolute atomic E-state index is 11.0. The summed E-state index contributed by atoms with van der Waals surface area (Å²) in [6.45, 7) is 3.51. The number of hydrogen-bond donors (Lipinski definition) is 2. The first-order valence-electron chi connectivity index (χ1n) is 5.30. The first kappa shape index (κ1) is 23.0. The van der Waals surface area contributed by atoms with E-state index >= 15 is 0 Å². The van der Waals surface area contributed by atoms with Gasteiger partial charge in [-0.2, -0.15) is 0 Å². The average molecular weight is 317 g/mol. The van der Waals surface area contributed by atoms with Crippen LogP contribution in [0.3, 0.4) is 0 Å². The number of nitrogens with one attached hydrogen (secondary N) is 2. The number of carbonyl (C=O) groups excluding carboxylic acids is 3. The minimum absolute atomic E-state index is 0. The van der Waals surface area contributed by atoms with Gasteiger partial charge in [0.05, 0.1) is 5.97 Å². The van der Waals surface area contributed by atoms with Crippen LogP contribution in [0.1, 0.15) is 27.2 Å². The fourth-order valence-electron chi connectivity index (χ4n) is 1.17. The molecule has 22 heavy (non-hydrogen) atoms. The smallest absolute Gasteiger partial charge is 1.00 e. The van der Waals surface area contributed by atoms with Crippen LogP contribution in [-0.4, -0.2) is 33.9 Å². The van der Waals surface area contributed by atoms with Crippen LogP contribution < -0.4 is 58.6 Å². The van der Waals surface area contributed by atoms with E-state index in [4.69, 9.17) is 11.6 Å². The van der Waals surface area contributed by atoms with Crippen LogP contribution in [0.15, 0.2) is 0 Å². The number of carbonyl (C=O) groups is 3. The Morgan fingerprint density at radius 3 is 2.09 bits per heavy atom. The molecule has 112 valence electrons. The zero-order chi connectivity index (χ0) is 15.4. The SMILES string of the molecule is CC(C)Nc1nc(NC(=O)C(=O)[O-])c(C(=O)[O-])nc1Cl.[H-].[H-].[Li+].[Li+]. The summed E-state index contributed by atoms with van der Waals surface area (Å²) in [5, 5.41) is 25.4. The van der Waals surface area contributed by atoms with Crippen molar-refractivity contribution in [3.63, 3.8) is 0 Å². The molecule has 9 nitrogen and oxygen atoms in total. The largest absolute Gasteiger partial charge is 1.00 e. The molecule has 0 aliphatic carbocycles. The average Bonchev–Trinajstić information content (AvgIpc) is 2.31. The van der Waals surface area contributed by atoms with Crippen molar-refractivity contribution in [2.24, 2.45) is 0 Å². The fraction of sp³-hybridized carbons (Fsp3) is 0.300. The molecule has 0 aromatic carbocycles. The van der Waals surface area contributed by atoms with E-state index in [2.05, 4.69) is 15.3 Å². The summed E-state index contributed by atoms with van der Waals surface area (Å²) in [5.41, 5.74) is -0.793. The third-order valence-corrected chi connectivity index (χ3v) is 2.15. The van der Waals surface area contributed by atoms with Gasteiger partial charge in [0.1, 0.15) is 11.7 Å². The minimum atomic E-state index is -2.05. The van der Waals surface area contributed by atoms with Crippen LogP contribution in [0.4, 0.5) is 11.6 Å². The maximum Gasteiger partial charge on any atom is 1.00 e. The molecule has 0 spiro atoms. The van der Waals surface area contributed by atoms with Crippen LogP contribution >= 0.6 is 11.6 Å². The molecule has 0 atom stereocenters. The number of aliphatic carboxylic acids is 1. The standard InChI is InChI=1S/C10H11ClN4O5.2Li.2H/c1-3(2)12-7-5(11)13-4(9(17)18)6(14-7)15-8(16)10(19)20;;;;/h3H,1-2H3,(H,17,18)(H,19,20)(H2,12,14,15,16);;;;/q;2*+1;2*-1/p-2. The molecule has 1 aromatic heterocycles. The van der Waals surface area contributed by atoms with Crippen molar-refractivity contribution >= 4 is 41.1 Å². The number of hydrogen-bond acceptors (Lipinski definition) is 8. The van der Waals surface area contributed by atoms with Crippen molar-refractivity contribution in [1.29, 1.82) is 0 Å².